The maximum absolute atomic E-state index is 12.4. The summed E-state index contributed by atoms with van der Waals surface area (Å²) in [5.74, 6) is 0.262. The van der Waals surface area contributed by atoms with E-state index in [2.05, 4.69) is 22.8 Å². The average Bonchev–Trinajstić information content (AvgIpc) is 2.73. The number of carbonyl (C=O) groups is 2. The molecule has 0 fully saturated rings. The Morgan fingerprint density at radius 1 is 1.07 bits per heavy atom. The van der Waals surface area contributed by atoms with Gasteiger partial charge in [-0.2, -0.15) is 0 Å². The molecule has 1 unspecified atom stereocenters. The van der Waals surface area contributed by atoms with Crippen LogP contribution in [0, 0.1) is 6.92 Å². The SMILES string of the molecule is CCCC1=C(C(=O)OC)C(c2ccc(OCc3ccc(C)cc3)cc2)NC(=O)N1. The molecule has 3 rings (SSSR count). The number of hydrogen-bond acceptors (Lipinski definition) is 4. The molecular weight excluding hydrogens is 368 g/mol. The zero-order valence-corrected chi connectivity index (χ0v) is 17.0. The summed E-state index contributed by atoms with van der Waals surface area (Å²) in [6.07, 6.45) is 1.39. The molecule has 1 aliphatic rings. The predicted molar refractivity (Wildman–Crippen MR) is 110 cm³/mol. The highest BCUT2D eigenvalue weighted by atomic mass is 16.5. The van der Waals surface area contributed by atoms with Crippen molar-refractivity contribution in [3.63, 3.8) is 0 Å². The van der Waals surface area contributed by atoms with Gasteiger partial charge in [0.05, 0.1) is 18.7 Å². The van der Waals surface area contributed by atoms with E-state index in [9.17, 15) is 9.59 Å². The average molecular weight is 394 g/mol. The van der Waals surface area contributed by atoms with Crippen LogP contribution in [0.25, 0.3) is 0 Å². The second kappa shape index (κ2) is 9.28. The molecule has 6 nitrogen and oxygen atoms in total. The molecule has 0 spiro atoms. The maximum Gasteiger partial charge on any atom is 0.337 e. The Bertz CT molecular complexity index is 901. The van der Waals surface area contributed by atoms with Crippen molar-refractivity contribution in [2.75, 3.05) is 7.11 Å². The molecule has 0 saturated heterocycles. The first kappa shape index (κ1) is 20.5. The number of esters is 1. The molecule has 2 amide bonds. The summed E-state index contributed by atoms with van der Waals surface area (Å²) in [4.78, 5) is 24.5. The van der Waals surface area contributed by atoms with Gasteiger partial charge in [0.2, 0.25) is 0 Å². The summed E-state index contributed by atoms with van der Waals surface area (Å²) in [6, 6.07) is 14.7. The van der Waals surface area contributed by atoms with Crippen molar-refractivity contribution in [3.8, 4) is 5.75 Å². The lowest BCUT2D eigenvalue weighted by Gasteiger charge is -2.29. The normalized spacial score (nSPS) is 16.1. The lowest BCUT2D eigenvalue weighted by atomic mass is 9.94. The van der Waals surface area contributed by atoms with Crippen molar-refractivity contribution in [1.82, 2.24) is 10.6 Å². The molecule has 1 heterocycles. The molecule has 0 bridgehead atoms. The number of ether oxygens (including phenoxy) is 2. The fourth-order valence-electron chi connectivity index (χ4n) is 3.27. The van der Waals surface area contributed by atoms with Crippen molar-refractivity contribution >= 4 is 12.0 Å². The number of rotatable bonds is 7. The quantitative estimate of drug-likeness (QED) is 0.692. The third kappa shape index (κ3) is 4.96. The second-order valence-electron chi connectivity index (χ2n) is 7.01. The summed E-state index contributed by atoms with van der Waals surface area (Å²) in [7, 11) is 1.34. The third-order valence-electron chi connectivity index (χ3n) is 4.80. The molecule has 0 saturated carbocycles. The Morgan fingerprint density at radius 3 is 2.38 bits per heavy atom. The first-order chi connectivity index (χ1) is 14.0. The van der Waals surface area contributed by atoms with Crippen LogP contribution in [0.1, 0.15) is 42.5 Å². The van der Waals surface area contributed by atoms with Crippen LogP contribution in [0.15, 0.2) is 59.8 Å². The monoisotopic (exact) mass is 394 g/mol. The standard InChI is InChI=1S/C23H26N2O4/c1-4-5-19-20(22(26)28-3)21(25-23(27)24-19)17-10-12-18(13-11-17)29-14-16-8-6-15(2)7-9-16/h6-13,21H,4-5,14H2,1-3H3,(H2,24,25,27). The van der Waals surface area contributed by atoms with Crippen molar-refractivity contribution < 1.29 is 19.1 Å². The van der Waals surface area contributed by atoms with Crippen molar-refractivity contribution in [3.05, 3.63) is 76.5 Å². The summed E-state index contributed by atoms with van der Waals surface area (Å²) < 4.78 is 10.8. The second-order valence-corrected chi connectivity index (χ2v) is 7.01. The van der Waals surface area contributed by atoms with E-state index in [1.165, 1.54) is 12.7 Å². The van der Waals surface area contributed by atoms with E-state index in [0.717, 1.165) is 17.5 Å². The maximum atomic E-state index is 12.4. The zero-order valence-electron chi connectivity index (χ0n) is 17.0. The minimum atomic E-state index is -0.566. The van der Waals surface area contributed by atoms with E-state index in [0.29, 0.717) is 30.0 Å². The van der Waals surface area contributed by atoms with Gasteiger partial charge >= 0.3 is 12.0 Å². The number of amides is 2. The summed E-state index contributed by atoms with van der Waals surface area (Å²) in [6.45, 7) is 4.51. The van der Waals surface area contributed by atoms with Crippen LogP contribution in [0.3, 0.4) is 0 Å². The van der Waals surface area contributed by atoms with Crippen LogP contribution in [-0.4, -0.2) is 19.1 Å². The molecule has 0 radical (unpaired) electrons. The van der Waals surface area contributed by atoms with Gasteiger partial charge in [-0.1, -0.05) is 55.3 Å². The van der Waals surface area contributed by atoms with Gasteiger partial charge < -0.3 is 20.1 Å². The Hall–Kier alpha value is -3.28. The van der Waals surface area contributed by atoms with E-state index in [4.69, 9.17) is 9.47 Å². The molecule has 0 aromatic heterocycles. The molecule has 152 valence electrons. The number of nitrogens with one attached hydrogen (secondary N) is 2. The van der Waals surface area contributed by atoms with E-state index in [-0.39, 0.29) is 6.03 Å². The molecule has 6 heteroatoms. The van der Waals surface area contributed by atoms with Gasteiger partial charge in [-0.05, 0) is 36.6 Å². The molecule has 1 atom stereocenters. The number of hydrogen-bond donors (Lipinski definition) is 2. The molecular formula is C23H26N2O4. The van der Waals surface area contributed by atoms with Crippen LogP contribution in [0.4, 0.5) is 4.79 Å². The van der Waals surface area contributed by atoms with Crippen molar-refractivity contribution in [2.45, 2.75) is 39.3 Å². The Morgan fingerprint density at radius 2 is 1.76 bits per heavy atom. The highest BCUT2D eigenvalue weighted by molar-refractivity contribution is 5.95. The number of methoxy groups -OCH3 is 1. The highest BCUT2D eigenvalue weighted by Gasteiger charge is 2.32. The fourth-order valence-corrected chi connectivity index (χ4v) is 3.27. The van der Waals surface area contributed by atoms with E-state index in [1.54, 1.807) is 0 Å². The lowest BCUT2D eigenvalue weighted by molar-refractivity contribution is -0.136. The number of carbonyl (C=O) groups excluding carboxylic acids is 2. The van der Waals surface area contributed by atoms with Gasteiger partial charge in [0.25, 0.3) is 0 Å². The summed E-state index contributed by atoms with van der Waals surface area (Å²) >= 11 is 0. The fraction of sp³-hybridized carbons (Fsp3) is 0.304. The molecule has 1 aliphatic heterocycles. The van der Waals surface area contributed by atoms with Crippen LogP contribution in [0.5, 0.6) is 5.75 Å². The molecule has 0 aliphatic carbocycles. The van der Waals surface area contributed by atoms with Gasteiger partial charge in [0.1, 0.15) is 12.4 Å². The highest BCUT2D eigenvalue weighted by Crippen LogP contribution is 2.30. The van der Waals surface area contributed by atoms with Crippen LogP contribution < -0.4 is 15.4 Å². The van der Waals surface area contributed by atoms with Crippen molar-refractivity contribution in [1.29, 1.82) is 0 Å². The summed E-state index contributed by atoms with van der Waals surface area (Å²) in [5, 5.41) is 5.56. The first-order valence-electron chi connectivity index (χ1n) is 9.69. The van der Waals surface area contributed by atoms with Crippen LogP contribution in [0.2, 0.25) is 0 Å². The summed E-state index contributed by atoms with van der Waals surface area (Å²) in [5.41, 5.74) is 4.12. The Balaban J connectivity index is 1.79. The van der Waals surface area contributed by atoms with Crippen LogP contribution >= 0.6 is 0 Å². The number of urea groups is 1. The molecule has 2 N–H and O–H groups in total. The molecule has 2 aromatic rings. The lowest BCUT2D eigenvalue weighted by Crippen LogP contribution is -2.45. The van der Waals surface area contributed by atoms with Gasteiger partial charge in [-0.3, -0.25) is 0 Å². The predicted octanol–water partition coefficient (Wildman–Crippen LogP) is 4.16. The first-order valence-corrected chi connectivity index (χ1v) is 9.69. The largest absolute Gasteiger partial charge is 0.489 e. The number of allylic oxidation sites excluding steroid dienone is 1. The smallest absolute Gasteiger partial charge is 0.337 e. The minimum Gasteiger partial charge on any atom is -0.489 e. The minimum absolute atomic E-state index is 0.328. The van der Waals surface area contributed by atoms with Gasteiger partial charge in [-0.15, -0.1) is 0 Å². The number of benzene rings is 2. The van der Waals surface area contributed by atoms with E-state index >= 15 is 0 Å². The zero-order chi connectivity index (χ0) is 20.8. The van der Waals surface area contributed by atoms with Crippen molar-refractivity contribution in [2.24, 2.45) is 0 Å². The van der Waals surface area contributed by atoms with E-state index in [1.807, 2.05) is 50.2 Å². The van der Waals surface area contributed by atoms with Gasteiger partial charge in [0.15, 0.2) is 0 Å². The Kier molecular flexibility index (Phi) is 6.54. The topological polar surface area (TPSA) is 76.7 Å². The molecule has 29 heavy (non-hydrogen) atoms. The van der Waals surface area contributed by atoms with Gasteiger partial charge in [0, 0.05) is 5.70 Å². The third-order valence-corrected chi connectivity index (χ3v) is 4.80. The molecule has 2 aromatic carbocycles. The van der Waals surface area contributed by atoms with E-state index < -0.39 is 12.0 Å². The Labute approximate surface area is 170 Å². The van der Waals surface area contributed by atoms with Gasteiger partial charge in [-0.25, -0.2) is 9.59 Å². The number of aryl methyl sites for hydroxylation is 1. The van der Waals surface area contributed by atoms with Crippen LogP contribution in [-0.2, 0) is 16.1 Å².